The number of terminal acetylenes is 1. The van der Waals surface area contributed by atoms with Gasteiger partial charge >= 0.3 is 18.9 Å². The van der Waals surface area contributed by atoms with Crippen LogP contribution in [0.1, 0.15) is 0 Å². The molecule has 0 aliphatic heterocycles. The van der Waals surface area contributed by atoms with Crippen LogP contribution in [-0.4, -0.2) is 6.61 Å². The molecule has 0 aliphatic rings. The van der Waals surface area contributed by atoms with E-state index in [1.807, 2.05) is 5.92 Å². The molecule has 0 aromatic heterocycles. The zero-order valence-electron chi connectivity index (χ0n) is 3.19. The van der Waals surface area contributed by atoms with Gasteiger partial charge < -0.3 is 5.11 Å². The van der Waals surface area contributed by atoms with E-state index in [9.17, 15) is 0 Å². The first-order valence-corrected chi connectivity index (χ1v) is 0.931. The quantitative estimate of drug-likeness (QED) is 0.207. The van der Waals surface area contributed by atoms with E-state index in [4.69, 9.17) is 5.11 Å². The summed E-state index contributed by atoms with van der Waals surface area (Å²) in [5.74, 6) is 1.88. The first-order valence-electron chi connectivity index (χ1n) is 0.931. The van der Waals surface area contributed by atoms with E-state index >= 15 is 0 Å². The Morgan fingerprint density at radius 2 is 2.00 bits per heavy atom. The molecule has 1 nitrogen and oxygen atoms in total. The molecule has 0 fully saturated rings. The first-order chi connectivity index (χ1) is 1.91. The summed E-state index contributed by atoms with van der Waals surface area (Å²) in [5.41, 5.74) is 0. The molecule has 5 heavy (non-hydrogen) atoms. The minimum Gasteiger partial charge on any atom is -0.845 e. The second kappa shape index (κ2) is 8.92. The third-order valence-electron chi connectivity index (χ3n) is 0.0833. The second-order valence-electron chi connectivity index (χ2n) is 0.348. The molecule has 0 saturated heterocycles. The maximum absolute atomic E-state index is 9.06. The van der Waals surface area contributed by atoms with Crippen LogP contribution in [0.3, 0.4) is 0 Å². The van der Waals surface area contributed by atoms with Gasteiger partial charge in [-0.2, -0.15) is 0 Å². The Hall–Kier alpha value is 0.117. The molecule has 0 N–H and O–H groups in total. The molecule has 0 atom stereocenters. The van der Waals surface area contributed by atoms with Crippen LogP contribution in [0.2, 0.25) is 0 Å². The summed E-state index contributed by atoms with van der Waals surface area (Å²) in [7, 11) is 0. The van der Waals surface area contributed by atoms with E-state index < -0.39 is 6.61 Å². The first kappa shape index (κ1) is 8.93. The predicted octanol–water partition coefficient (Wildman–Crippen LogP) is -4.02. The molecule has 0 heterocycles. The SMILES string of the molecule is C#CC[O-].[Li+]. The summed E-state index contributed by atoms with van der Waals surface area (Å²) in [4.78, 5) is 0. The molecular weight excluding hydrogens is 59.0 g/mol. The molecule has 22 valence electrons. The Morgan fingerprint density at radius 1 is 1.80 bits per heavy atom. The van der Waals surface area contributed by atoms with Gasteiger partial charge in [0.25, 0.3) is 0 Å². The van der Waals surface area contributed by atoms with Crippen LogP contribution in [0.5, 0.6) is 0 Å². The van der Waals surface area contributed by atoms with Crippen molar-refractivity contribution in [1.29, 1.82) is 0 Å². The van der Waals surface area contributed by atoms with Gasteiger partial charge in [-0.1, -0.05) is 6.61 Å². The monoisotopic (exact) mass is 62.0 g/mol. The van der Waals surface area contributed by atoms with Crippen LogP contribution < -0.4 is 24.0 Å². The van der Waals surface area contributed by atoms with Gasteiger partial charge in [-0.05, 0) is 0 Å². The van der Waals surface area contributed by atoms with Gasteiger partial charge in [0.1, 0.15) is 0 Å². The normalized spacial score (nSPS) is 4.00. The van der Waals surface area contributed by atoms with Gasteiger partial charge in [-0.25, -0.2) is 0 Å². The molecule has 0 radical (unpaired) electrons. The van der Waals surface area contributed by atoms with E-state index in [0.29, 0.717) is 0 Å². The molecule has 0 aliphatic carbocycles. The maximum atomic E-state index is 9.06. The average molecular weight is 62.0 g/mol. The van der Waals surface area contributed by atoms with Crippen molar-refractivity contribution < 1.29 is 24.0 Å². The topological polar surface area (TPSA) is 23.1 Å². The Kier molecular flexibility index (Phi) is 15.9. The van der Waals surface area contributed by atoms with E-state index in [0.717, 1.165) is 0 Å². The Morgan fingerprint density at radius 3 is 2.00 bits per heavy atom. The molecule has 0 spiro atoms. The Balaban J connectivity index is 0. The summed E-state index contributed by atoms with van der Waals surface area (Å²) in [6.45, 7) is -0.403. The van der Waals surface area contributed by atoms with Crippen LogP contribution in [0.15, 0.2) is 0 Å². The summed E-state index contributed by atoms with van der Waals surface area (Å²) >= 11 is 0. The molecule has 0 saturated carbocycles. The molecule has 0 amide bonds. The van der Waals surface area contributed by atoms with Gasteiger partial charge in [-0.3, -0.25) is 0 Å². The second-order valence-corrected chi connectivity index (χ2v) is 0.348. The molecular formula is C3H3LiO. The molecule has 2 heteroatoms. The fourth-order valence-corrected chi connectivity index (χ4v) is 0. The standard InChI is InChI=1S/C3H3O.Li/c1-2-3-4;/h1H,3H2;/q-1;+1. The van der Waals surface area contributed by atoms with Crippen molar-refractivity contribution in [3.05, 3.63) is 0 Å². The maximum Gasteiger partial charge on any atom is 1.00 e. The predicted molar refractivity (Wildman–Crippen MR) is 13.7 cm³/mol. The van der Waals surface area contributed by atoms with Gasteiger partial charge in [0.05, 0.1) is 0 Å². The van der Waals surface area contributed by atoms with Gasteiger partial charge in [0.15, 0.2) is 0 Å². The van der Waals surface area contributed by atoms with Crippen molar-refractivity contribution in [2.75, 3.05) is 6.61 Å². The van der Waals surface area contributed by atoms with E-state index in [-0.39, 0.29) is 18.9 Å². The zero-order chi connectivity index (χ0) is 3.41. The molecule has 0 unspecified atom stereocenters. The fraction of sp³-hybridized carbons (Fsp3) is 0.333. The van der Waals surface area contributed by atoms with Crippen LogP contribution in [0, 0.1) is 12.3 Å². The number of rotatable bonds is 0. The van der Waals surface area contributed by atoms with Crippen molar-refractivity contribution in [3.8, 4) is 12.3 Å². The average Bonchev–Trinajstić information content (AvgIpc) is 1.37. The summed E-state index contributed by atoms with van der Waals surface area (Å²) in [6.07, 6.45) is 4.47. The number of hydrogen-bond acceptors (Lipinski definition) is 1. The molecule has 0 aromatic carbocycles. The third kappa shape index (κ3) is 14.8. The van der Waals surface area contributed by atoms with Crippen molar-refractivity contribution >= 4 is 0 Å². The van der Waals surface area contributed by atoms with Crippen LogP contribution >= 0.6 is 0 Å². The van der Waals surface area contributed by atoms with Gasteiger partial charge in [0.2, 0.25) is 0 Å². The number of hydrogen-bond donors (Lipinski definition) is 0. The van der Waals surface area contributed by atoms with Crippen LogP contribution in [0.25, 0.3) is 0 Å². The smallest absolute Gasteiger partial charge is 0.845 e. The van der Waals surface area contributed by atoms with E-state index in [2.05, 4.69) is 6.42 Å². The Labute approximate surface area is 43.6 Å². The fourth-order valence-electron chi connectivity index (χ4n) is 0. The largest absolute Gasteiger partial charge is 1.00 e. The van der Waals surface area contributed by atoms with Crippen molar-refractivity contribution in [1.82, 2.24) is 0 Å². The molecule has 0 aromatic rings. The van der Waals surface area contributed by atoms with Crippen LogP contribution in [-0.2, 0) is 0 Å². The van der Waals surface area contributed by atoms with Crippen molar-refractivity contribution in [2.24, 2.45) is 0 Å². The summed E-state index contributed by atoms with van der Waals surface area (Å²) in [5, 5.41) is 9.06. The van der Waals surface area contributed by atoms with Crippen molar-refractivity contribution in [2.45, 2.75) is 0 Å². The minimum atomic E-state index is -0.403. The third-order valence-corrected chi connectivity index (χ3v) is 0.0833. The summed E-state index contributed by atoms with van der Waals surface area (Å²) < 4.78 is 0. The van der Waals surface area contributed by atoms with Gasteiger partial charge in [0, 0.05) is 0 Å². The molecule has 0 rings (SSSR count). The van der Waals surface area contributed by atoms with Crippen LogP contribution in [0.4, 0.5) is 0 Å². The Bertz CT molecular complexity index is 36.6. The van der Waals surface area contributed by atoms with Crippen molar-refractivity contribution in [3.63, 3.8) is 0 Å². The molecule has 0 bridgehead atoms. The zero-order valence-corrected chi connectivity index (χ0v) is 3.19. The van der Waals surface area contributed by atoms with E-state index in [1.54, 1.807) is 0 Å². The minimum absolute atomic E-state index is 0. The summed E-state index contributed by atoms with van der Waals surface area (Å²) in [6, 6.07) is 0. The van der Waals surface area contributed by atoms with Gasteiger partial charge in [-0.15, -0.1) is 12.3 Å². The van der Waals surface area contributed by atoms with E-state index in [1.165, 1.54) is 0 Å².